The molecule has 20 heavy (non-hydrogen) atoms. The number of rotatable bonds is 5. The molecule has 0 spiro atoms. The highest BCUT2D eigenvalue weighted by Crippen LogP contribution is 2.25. The Kier molecular flexibility index (Phi) is 4.92. The third-order valence-electron chi connectivity index (χ3n) is 2.78. The van der Waals surface area contributed by atoms with Crippen LogP contribution < -0.4 is 10.2 Å². The normalized spacial score (nSPS) is 10.4. The number of nitrogens with one attached hydrogen (secondary N) is 1. The highest BCUT2D eigenvalue weighted by atomic mass is 79.9. The maximum absolute atomic E-state index is 8.86. The molecule has 2 N–H and O–H groups in total. The first kappa shape index (κ1) is 14.7. The van der Waals surface area contributed by atoms with Gasteiger partial charge in [-0.2, -0.15) is 0 Å². The van der Waals surface area contributed by atoms with Gasteiger partial charge in [-0.1, -0.05) is 22.0 Å². The van der Waals surface area contributed by atoms with Gasteiger partial charge in [-0.3, -0.25) is 0 Å². The molecule has 0 saturated carbocycles. The Hall–Kier alpha value is -1.66. The Morgan fingerprint density at radius 2 is 2.10 bits per heavy atom. The van der Waals surface area contributed by atoms with Crippen LogP contribution in [0.4, 0.5) is 17.3 Å². The van der Waals surface area contributed by atoms with E-state index < -0.39 is 0 Å². The zero-order valence-electron chi connectivity index (χ0n) is 11.5. The summed E-state index contributed by atoms with van der Waals surface area (Å²) in [7, 11) is 1.96. The van der Waals surface area contributed by atoms with E-state index >= 15 is 0 Å². The van der Waals surface area contributed by atoms with Crippen molar-refractivity contribution in [1.29, 1.82) is 0 Å². The molecule has 6 heteroatoms. The van der Waals surface area contributed by atoms with Crippen LogP contribution in [0.1, 0.15) is 5.82 Å². The third-order valence-corrected chi connectivity index (χ3v) is 3.27. The Morgan fingerprint density at radius 1 is 1.30 bits per heavy atom. The van der Waals surface area contributed by atoms with Crippen molar-refractivity contribution in [2.45, 2.75) is 6.92 Å². The lowest BCUT2D eigenvalue weighted by atomic mass is 10.3. The van der Waals surface area contributed by atoms with E-state index in [9.17, 15) is 0 Å². The van der Waals surface area contributed by atoms with Crippen LogP contribution in [-0.4, -0.2) is 35.3 Å². The molecule has 0 aliphatic rings. The lowest BCUT2D eigenvalue weighted by molar-refractivity contribution is 0.311. The molecule has 1 aromatic carbocycles. The summed E-state index contributed by atoms with van der Waals surface area (Å²) in [5, 5.41) is 11.9. The van der Waals surface area contributed by atoms with Gasteiger partial charge in [0.1, 0.15) is 17.5 Å². The van der Waals surface area contributed by atoms with Gasteiger partial charge >= 0.3 is 0 Å². The molecule has 0 saturated heterocycles. The van der Waals surface area contributed by atoms with Gasteiger partial charge in [0.2, 0.25) is 0 Å². The van der Waals surface area contributed by atoms with E-state index in [2.05, 4.69) is 31.2 Å². The van der Waals surface area contributed by atoms with E-state index in [-0.39, 0.29) is 6.61 Å². The summed E-state index contributed by atoms with van der Waals surface area (Å²) in [6.07, 6.45) is 0. The summed E-state index contributed by atoms with van der Waals surface area (Å²) >= 11 is 3.47. The first-order chi connectivity index (χ1) is 9.60. The number of hydrogen-bond acceptors (Lipinski definition) is 5. The lowest BCUT2D eigenvalue weighted by Gasteiger charge is -2.19. The monoisotopic (exact) mass is 336 g/mol. The minimum atomic E-state index is 0.0693. The van der Waals surface area contributed by atoms with Crippen molar-refractivity contribution in [1.82, 2.24) is 9.97 Å². The van der Waals surface area contributed by atoms with Crippen molar-refractivity contribution in [2.75, 3.05) is 30.4 Å². The number of benzene rings is 1. The van der Waals surface area contributed by atoms with E-state index in [1.165, 1.54) is 0 Å². The zero-order chi connectivity index (χ0) is 14.5. The second-order valence-corrected chi connectivity index (χ2v) is 5.26. The summed E-state index contributed by atoms with van der Waals surface area (Å²) in [5.41, 5.74) is 1.03. The second kappa shape index (κ2) is 6.67. The fourth-order valence-corrected chi connectivity index (χ4v) is 2.20. The summed E-state index contributed by atoms with van der Waals surface area (Å²) in [6.45, 7) is 2.39. The van der Waals surface area contributed by atoms with E-state index in [4.69, 9.17) is 5.11 Å². The molecule has 1 heterocycles. The highest BCUT2D eigenvalue weighted by molar-refractivity contribution is 9.10. The van der Waals surface area contributed by atoms with E-state index in [1.807, 2.05) is 49.2 Å². The third kappa shape index (κ3) is 3.68. The van der Waals surface area contributed by atoms with Gasteiger partial charge in [0, 0.05) is 29.8 Å². The predicted molar refractivity (Wildman–Crippen MR) is 84.5 cm³/mol. The summed E-state index contributed by atoms with van der Waals surface area (Å²) in [6, 6.07) is 9.87. The molecule has 0 atom stereocenters. The topological polar surface area (TPSA) is 61.3 Å². The molecule has 2 aromatic rings. The number of aliphatic hydroxyl groups is 1. The summed E-state index contributed by atoms with van der Waals surface area (Å²) < 4.78 is 1.02. The van der Waals surface area contributed by atoms with Gasteiger partial charge in [0.25, 0.3) is 0 Å². The Balaban J connectivity index is 2.29. The Bertz CT molecular complexity index is 591. The maximum atomic E-state index is 8.86. The highest BCUT2D eigenvalue weighted by Gasteiger charge is 2.08. The summed E-state index contributed by atoms with van der Waals surface area (Å²) in [4.78, 5) is 10.7. The number of nitrogens with zero attached hydrogens (tertiary/aromatic N) is 3. The van der Waals surface area contributed by atoms with Crippen LogP contribution in [0, 0.1) is 6.92 Å². The average Bonchev–Trinajstić information content (AvgIpc) is 2.43. The fraction of sp³-hybridized carbons (Fsp3) is 0.286. The standard InChI is InChI=1S/C14H17BrN4O/c1-10-17-13(16-6-7-20)9-14(18-10)19(2)12-5-3-4-11(15)8-12/h3-5,8-9,20H,6-7H2,1-2H3,(H,16,17,18). The molecular weight excluding hydrogens is 320 g/mol. The van der Waals surface area contributed by atoms with Crippen LogP contribution in [0.3, 0.4) is 0 Å². The molecule has 5 nitrogen and oxygen atoms in total. The average molecular weight is 337 g/mol. The molecule has 0 aliphatic carbocycles. The minimum absolute atomic E-state index is 0.0693. The molecule has 0 aliphatic heterocycles. The Morgan fingerprint density at radius 3 is 2.80 bits per heavy atom. The second-order valence-electron chi connectivity index (χ2n) is 4.35. The van der Waals surface area contributed by atoms with Gasteiger partial charge in [0.15, 0.2) is 0 Å². The molecule has 106 valence electrons. The molecule has 1 aromatic heterocycles. The number of hydrogen-bond donors (Lipinski definition) is 2. The number of aliphatic hydroxyl groups excluding tert-OH is 1. The van der Waals surface area contributed by atoms with Gasteiger partial charge in [-0.05, 0) is 25.1 Å². The fourth-order valence-electron chi connectivity index (χ4n) is 1.82. The summed E-state index contributed by atoms with van der Waals surface area (Å²) in [5.74, 6) is 2.20. The van der Waals surface area contributed by atoms with E-state index in [0.29, 0.717) is 18.2 Å². The molecule has 2 rings (SSSR count). The lowest BCUT2D eigenvalue weighted by Crippen LogP contribution is -2.14. The van der Waals surface area contributed by atoms with Gasteiger partial charge in [-0.25, -0.2) is 9.97 Å². The molecule has 0 radical (unpaired) electrons. The van der Waals surface area contributed by atoms with Gasteiger partial charge in [-0.15, -0.1) is 0 Å². The van der Waals surface area contributed by atoms with Crippen molar-refractivity contribution in [3.05, 3.63) is 40.6 Å². The van der Waals surface area contributed by atoms with Crippen LogP contribution >= 0.6 is 15.9 Å². The van der Waals surface area contributed by atoms with Crippen molar-refractivity contribution in [3.8, 4) is 0 Å². The molecule has 0 unspecified atom stereocenters. The molecule has 0 bridgehead atoms. The smallest absolute Gasteiger partial charge is 0.138 e. The molecular formula is C14H17BrN4O. The van der Waals surface area contributed by atoms with Gasteiger partial charge in [0.05, 0.1) is 6.61 Å². The van der Waals surface area contributed by atoms with Crippen molar-refractivity contribution in [3.63, 3.8) is 0 Å². The van der Waals surface area contributed by atoms with Crippen LogP contribution in [0.25, 0.3) is 0 Å². The van der Waals surface area contributed by atoms with E-state index in [1.54, 1.807) is 0 Å². The maximum Gasteiger partial charge on any atom is 0.138 e. The molecule has 0 fully saturated rings. The quantitative estimate of drug-likeness (QED) is 0.879. The van der Waals surface area contributed by atoms with Crippen LogP contribution in [-0.2, 0) is 0 Å². The number of aromatic nitrogens is 2. The first-order valence-corrected chi connectivity index (χ1v) is 7.09. The zero-order valence-corrected chi connectivity index (χ0v) is 13.1. The van der Waals surface area contributed by atoms with Crippen molar-refractivity contribution < 1.29 is 5.11 Å². The van der Waals surface area contributed by atoms with Gasteiger partial charge < -0.3 is 15.3 Å². The van der Waals surface area contributed by atoms with Crippen LogP contribution in [0.2, 0.25) is 0 Å². The number of halogens is 1. The number of anilines is 3. The van der Waals surface area contributed by atoms with Crippen LogP contribution in [0.15, 0.2) is 34.8 Å². The minimum Gasteiger partial charge on any atom is -0.395 e. The number of aryl methyl sites for hydroxylation is 1. The SMILES string of the molecule is Cc1nc(NCCO)cc(N(C)c2cccc(Br)c2)n1. The van der Waals surface area contributed by atoms with Crippen molar-refractivity contribution >= 4 is 33.3 Å². The first-order valence-electron chi connectivity index (χ1n) is 6.30. The largest absolute Gasteiger partial charge is 0.395 e. The molecule has 0 amide bonds. The predicted octanol–water partition coefficient (Wildman–Crippen LogP) is 2.72. The van der Waals surface area contributed by atoms with Crippen LogP contribution in [0.5, 0.6) is 0 Å². The van der Waals surface area contributed by atoms with Crippen molar-refractivity contribution in [2.24, 2.45) is 0 Å². The van der Waals surface area contributed by atoms with E-state index in [0.717, 1.165) is 16.0 Å². The Labute approximate surface area is 126 Å².